The molecule has 0 aliphatic heterocycles. The molecule has 1 aromatic rings. The van der Waals surface area contributed by atoms with Crippen molar-refractivity contribution in [1.82, 2.24) is 9.97 Å². The van der Waals surface area contributed by atoms with Crippen molar-refractivity contribution in [2.75, 3.05) is 17.2 Å². The molecule has 0 radical (unpaired) electrons. The van der Waals surface area contributed by atoms with Gasteiger partial charge < -0.3 is 11.5 Å². The Hall–Kier alpha value is -1.30. The van der Waals surface area contributed by atoms with E-state index in [4.69, 9.17) is 11.5 Å². The lowest BCUT2D eigenvalue weighted by atomic mass is 9.48. The van der Waals surface area contributed by atoms with E-state index >= 15 is 0 Å². The van der Waals surface area contributed by atoms with Crippen LogP contribution in [-0.4, -0.2) is 21.5 Å². The SMILES string of the molecule is Nc1cc(N)nc(SCC(=O)C23CC4CC(CC(C4)C2)C3)n1. The molecule has 0 amide bonds. The molecule has 4 aliphatic carbocycles. The van der Waals surface area contributed by atoms with Gasteiger partial charge in [-0.1, -0.05) is 11.8 Å². The molecule has 0 saturated heterocycles. The number of anilines is 2. The summed E-state index contributed by atoms with van der Waals surface area (Å²) in [4.78, 5) is 21.2. The largest absolute Gasteiger partial charge is 0.383 e. The van der Waals surface area contributed by atoms with Gasteiger partial charge in [-0.3, -0.25) is 4.79 Å². The van der Waals surface area contributed by atoms with Gasteiger partial charge in [-0.15, -0.1) is 0 Å². The number of carbonyl (C=O) groups excluding carboxylic acids is 1. The van der Waals surface area contributed by atoms with E-state index in [1.165, 1.54) is 37.1 Å². The highest BCUT2D eigenvalue weighted by molar-refractivity contribution is 7.99. The second-order valence-corrected chi connectivity index (χ2v) is 8.35. The van der Waals surface area contributed by atoms with Crippen molar-refractivity contribution in [1.29, 1.82) is 0 Å². The summed E-state index contributed by atoms with van der Waals surface area (Å²) in [7, 11) is 0. The molecule has 6 heteroatoms. The van der Waals surface area contributed by atoms with E-state index in [0.717, 1.165) is 37.0 Å². The van der Waals surface area contributed by atoms with E-state index in [0.29, 0.717) is 28.3 Å². The molecule has 4 aliphatic rings. The number of hydrogen-bond acceptors (Lipinski definition) is 6. The molecule has 1 aromatic heterocycles. The number of rotatable bonds is 4. The van der Waals surface area contributed by atoms with Gasteiger partial charge in [0, 0.05) is 11.5 Å². The monoisotopic (exact) mass is 318 g/mol. The van der Waals surface area contributed by atoms with E-state index in [9.17, 15) is 4.79 Å². The molecule has 0 atom stereocenters. The Morgan fingerprint density at radius 1 is 1.09 bits per heavy atom. The summed E-state index contributed by atoms with van der Waals surface area (Å²) in [5.74, 6) is 3.92. The van der Waals surface area contributed by atoms with Crippen LogP contribution in [0.4, 0.5) is 11.6 Å². The second kappa shape index (κ2) is 5.11. The third-order valence-corrected chi connectivity index (χ3v) is 6.55. The topological polar surface area (TPSA) is 94.9 Å². The number of nitrogens with two attached hydrogens (primary N) is 2. The lowest BCUT2D eigenvalue weighted by Crippen LogP contribution is -2.50. The zero-order valence-electron chi connectivity index (χ0n) is 12.6. The van der Waals surface area contributed by atoms with Crippen molar-refractivity contribution in [3.05, 3.63) is 6.07 Å². The highest BCUT2D eigenvalue weighted by atomic mass is 32.2. The number of Topliss-reactive ketones (excluding diaryl/α,β-unsaturated/α-hetero) is 1. The Labute approximate surface area is 134 Å². The molecule has 5 nitrogen and oxygen atoms in total. The maximum Gasteiger partial charge on any atom is 0.191 e. The van der Waals surface area contributed by atoms with E-state index in [2.05, 4.69) is 9.97 Å². The maximum absolute atomic E-state index is 12.9. The zero-order chi connectivity index (χ0) is 15.3. The van der Waals surface area contributed by atoms with Crippen molar-refractivity contribution >= 4 is 29.2 Å². The van der Waals surface area contributed by atoms with Gasteiger partial charge in [-0.25, -0.2) is 9.97 Å². The van der Waals surface area contributed by atoms with Crippen LogP contribution in [0.2, 0.25) is 0 Å². The van der Waals surface area contributed by atoms with E-state index in [-0.39, 0.29) is 5.41 Å². The quantitative estimate of drug-likeness (QED) is 0.654. The smallest absolute Gasteiger partial charge is 0.191 e. The van der Waals surface area contributed by atoms with Crippen molar-refractivity contribution < 1.29 is 4.79 Å². The van der Waals surface area contributed by atoms with Crippen molar-refractivity contribution in [3.63, 3.8) is 0 Å². The first-order valence-electron chi connectivity index (χ1n) is 8.08. The number of nitrogen functional groups attached to an aromatic ring is 2. The summed E-state index contributed by atoms with van der Waals surface area (Å²) >= 11 is 1.37. The summed E-state index contributed by atoms with van der Waals surface area (Å²) in [6.07, 6.45) is 7.40. The van der Waals surface area contributed by atoms with Crippen LogP contribution in [-0.2, 0) is 4.79 Å². The minimum Gasteiger partial charge on any atom is -0.383 e. The fourth-order valence-electron chi connectivity index (χ4n) is 5.26. The molecule has 22 heavy (non-hydrogen) atoms. The Morgan fingerprint density at radius 2 is 1.59 bits per heavy atom. The summed E-state index contributed by atoms with van der Waals surface area (Å²) in [6, 6.07) is 1.53. The Bertz CT molecular complexity index is 563. The van der Waals surface area contributed by atoms with Crippen LogP contribution in [0.3, 0.4) is 0 Å². The summed E-state index contributed by atoms with van der Waals surface area (Å²) in [6.45, 7) is 0. The third-order valence-electron chi connectivity index (χ3n) is 5.71. The standard InChI is InChI=1S/C16H22N4OS/c17-13-4-14(18)20-15(19-13)22-8-12(21)16-5-9-1-10(6-16)3-11(2-9)7-16/h4,9-11H,1-3,5-8H2,(H4,17,18,19,20). The van der Waals surface area contributed by atoms with E-state index in [1.54, 1.807) is 0 Å². The van der Waals surface area contributed by atoms with Gasteiger partial charge >= 0.3 is 0 Å². The van der Waals surface area contributed by atoms with Crippen LogP contribution >= 0.6 is 11.8 Å². The van der Waals surface area contributed by atoms with Crippen LogP contribution < -0.4 is 11.5 Å². The Balaban J connectivity index is 1.46. The van der Waals surface area contributed by atoms with Gasteiger partial charge in [0.1, 0.15) is 17.4 Å². The number of carbonyl (C=O) groups is 1. The van der Waals surface area contributed by atoms with Crippen LogP contribution in [0.15, 0.2) is 11.2 Å². The fourth-order valence-corrected chi connectivity index (χ4v) is 6.17. The highest BCUT2D eigenvalue weighted by Gasteiger charge is 2.54. The molecule has 4 fully saturated rings. The van der Waals surface area contributed by atoms with E-state index in [1.807, 2.05) is 0 Å². The van der Waals surface area contributed by atoms with Crippen LogP contribution in [0, 0.1) is 23.2 Å². The molecule has 4 saturated carbocycles. The normalized spacial score (nSPS) is 35.7. The maximum atomic E-state index is 12.9. The summed E-state index contributed by atoms with van der Waals surface area (Å²) in [5.41, 5.74) is 11.3. The third kappa shape index (κ3) is 2.47. The Morgan fingerprint density at radius 3 is 2.09 bits per heavy atom. The van der Waals surface area contributed by atoms with Gasteiger partial charge in [0.25, 0.3) is 0 Å². The van der Waals surface area contributed by atoms with Crippen LogP contribution in [0.1, 0.15) is 38.5 Å². The van der Waals surface area contributed by atoms with Gasteiger partial charge in [0.05, 0.1) is 5.75 Å². The van der Waals surface area contributed by atoms with Gasteiger partial charge in [0.15, 0.2) is 5.16 Å². The first-order valence-corrected chi connectivity index (χ1v) is 9.07. The van der Waals surface area contributed by atoms with Gasteiger partial charge in [-0.05, 0) is 56.3 Å². The number of thioether (sulfide) groups is 1. The van der Waals surface area contributed by atoms with Gasteiger partial charge in [-0.2, -0.15) is 0 Å². The fraction of sp³-hybridized carbons (Fsp3) is 0.688. The molecule has 0 aromatic carbocycles. The molecule has 1 heterocycles. The van der Waals surface area contributed by atoms with Crippen molar-refractivity contribution in [2.24, 2.45) is 23.2 Å². The van der Waals surface area contributed by atoms with Crippen molar-refractivity contribution in [3.8, 4) is 0 Å². The van der Waals surface area contributed by atoms with Crippen molar-refractivity contribution in [2.45, 2.75) is 43.7 Å². The molecule has 118 valence electrons. The first-order chi connectivity index (χ1) is 10.5. The van der Waals surface area contributed by atoms with E-state index < -0.39 is 0 Å². The number of aromatic nitrogens is 2. The highest BCUT2D eigenvalue weighted by Crippen LogP contribution is 2.60. The second-order valence-electron chi connectivity index (χ2n) is 7.41. The molecule has 4 bridgehead atoms. The first kappa shape index (κ1) is 14.3. The molecular formula is C16H22N4OS. The number of ketones is 1. The minimum atomic E-state index is -0.0480. The summed E-state index contributed by atoms with van der Waals surface area (Å²) in [5, 5.41) is 0.510. The lowest BCUT2D eigenvalue weighted by Gasteiger charge is -2.56. The number of nitrogens with zero attached hydrogens (tertiary/aromatic N) is 2. The Kier molecular flexibility index (Phi) is 3.33. The molecule has 0 unspecified atom stereocenters. The molecule has 5 rings (SSSR count). The molecule has 4 N–H and O–H groups in total. The predicted molar refractivity (Wildman–Crippen MR) is 87.2 cm³/mol. The molecule has 0 spiro atoms. The minimum absolute atomic E-state index is 0.0480. The predicted octanol–water partition coefficient (Wildman–Crippen LogP) is 2.52. The zero-order valence-corrected chi connectivity index (χ0v) is 13.4. The van der Waals surface area contributed by atoms with Gasteiger partial charge in [0.2, 0.25) is 0 Å². The van der Waals surface area contributed by atoms with Crippen LogP contribution in [0.5, 0.6) is 0 Å². The number of hydrogen-bond donors (Lipinski definition) is 2. The average molecular weight is 318 g/mol. The molecular weight excluding hydrogens is 296 g/mol. The lowest BCUT2D eigenvalue weighted by molar-refractivity contribution is -0.141. The summed E-state index contributed by atoms with van der Waals surface area (Å²) < 4.78 is 0. The average Bonchev–Trinajstić information content (AvgIpc) is 2.42. The van der Waals surface area contributed by atoms with Crippen LogP contribution in [0.25, 0.3) is 0 Å².